The van der Waals surface area contributed by atoms with Gasteiger partial charge < -0.3 is 28.8 Å². The molecule has 0 bridgehead atoms. The van der Waals surface area contributed by atoms with E-state index in [-0.39, 0.29) is 12.5 Å². The molecular weight excluding hydrogens is 996 g/mol. The highest BCUT2D eigenvalue weighted by atomic mass is 31.2. The van der Waals surface area contributed by atoms with E-state index in [2.05, 4.69) is 43.5 Å². The van der Waals surface area contributed by atoms with Crippen molar-refractivity contribution in [2.45, 2.75) is 366 Å². The van der Waals surface area contributed by atoms with Crippen molar-refractivity contribution in [1.29, 1.82) is 0 Å². The monoisotopic (exact) mass is 1130 g/mol. The Morgan fingerprint density at radius 1 is 0.430 bits per heavy atom. The van der Waals surface area contributed by atoms with Crippen LogP contribution >= 0.6 is 7.82 Å². The Balaban J connectivity index is 4.00. The van der Waals surface area contributed by atoms with Crippen molar-refractivity contribution in [3.8, 4) is 0 Å². The van der Waals surface area contributed by atoms with Crippen LogP contribution in [0.1, 0.15) is 354 Å². The number of phosphoric acid groups is 1. The van der Waals surface area contributed by atoms with Gasteiger partial charge in [-0.1, -0.05) is 339 Å². The van der Waals surface area contributed by atoms with Crippen molar-refractivity contribution >= 4 is 13.7 Å². The minimum absolute atomic E-state index is 0.00718. The number of nitrogens with zero attached hydrogens (tertiary/aromatic N) is 1. The lowest BCUT2D eigenvalue weighted by Crippen LogP contribution is -2.45. The van der Waals surface area contributed by atoms with Crippen LogP contribution in [0.2, 0.25) is 0 Å². The fourth-order valence-electron chi connectivity index (χ4n) is 10.7. The Bertz CT molecular complexity index is 1380. The number of allylic oxidation sites excluding steroid dienone is 5. The smallest absolute Gasteiger partial charge is 0.268 e. The van der Waals surface area contributed by atoms with Gasteiger partial charge in [-0.15, -0.1) is 0 Å². The van der Waals surface area contributed by atoms with Gasteiger partial charge in [0.05, 0.1) is 39.9 Å². The molecule has 0 saturated heterocycles. The van der Waals surface area contributed by atoms with E-state index in [0.29, 0.717) is 17.4 Å². The molecule has 468 valence electrons. The number of hydrogen-bond acceptors (Lipinski definition) is 6. The summed E-state index contributed by atoms with van der Waals surface area (Å²) in [5.74, 6) is -0.204. The van der Waals surface area contributed by atoms with E-state index in [9.17, 15) is 19.4 Å². The molecule has 0 aromatic heterocycles. The van der Waals surface area contributed by atoms with Gasteiger partial charge >= 0.3 is 0 Å². The first-order chi connectivity index (χ1) is 38.5. The fraction of sp³-hybridized carbons (Fsp3) is 0.900. The Labute approximate surface area is 493 Å². The normalized spacial score (nSPS) is 13.9. The number of likely N-dealkylation sites (N-methyl/N-ethyl adjacent to an activating group) is 1. The second-order valence-corrected chi connectivity index (χ2v) is 26.6. The van der Waals surface area contributed by atoms with Gasteiger partial charge in [0.25, 0.3) is 7.82 Å². The maximum atomic E-state index is 13.0. The lowest BCUT2D eigenvalue weighted by atomic mass is 10.0. The van der Waals surface area contributed by atoms with Gasteiger partial charge in [0, 0.05) is 6.42 Å². The molecule has 0 fully saturated rings. The van der Waals surface area contributed by atoms with Crippen molar-refractivity contribution in [3.63, 3.8) is 0 Å². The van der Waals surface area contributed by atoms with E-state index in [4.69, 9.17) is 9.05 Å². The van der Waals surface area contributed by atoms with Gasteiger partial charge in [0.2, 0.25) is 5.91 Å². The summed E-state index contributed by atoms with van der Waals surface area (Å²) >= 11 is 0. The molecule has 0 aromatic carbocycles. The van der Waals surface area contributed by atoms with Gasteiger partial charge in [-0.2, -0.15) is 0 Å². The molecule has 9 heteroatoms. The highest BCUT2D eigenvalue weighted by Crippen LogP contribution is 2.38. The summed E-state index contributed by atoms with van der Waals surface area (Å²) < 4.78 is 23.4. The number of rotatable bonds is 65. The van der Waals surface area contributed by atoms with Crippen LogP contribution in [0.3, 0.4) is 0 Å². The molecule has 0 rings (SSSR count). The number of carbonyl (C=O) groups excluding carboxylic acids is 1. The summed E-state index contributed by atoms with van der Waals surface area (Å²) in [4.78, 5) is 25.6. The van der Waals surface area contributed by atoms with Crippen LogP contribution in [0.5, 0.6) is 0 Å². The second-order valence-electron chi connectivity index (χ2n) is 25.2. The van der Waals surface area contributed by atoms with Crippen LogP contribution in [0.4, 0.5) is 0 Å². The highest BCUT2D eigenvalue weighted by Gasteiger charge is 2.23. The SMILES string of the molecule is CCCCCCCCCCCCC/C=C/CC/C=C/CC/C=C/C(O)C(COP(=O)([O-])OCC[N+](C)(C)C)NC(=O)CCCCCCCCCCCCCCCCCCCCCCCCCCCCCCCCCCCCCC. The molecule has 0 aliphatic rings. The van der Waals surface area contributed by atoms with E-state index < -0.39 is 26.6 Å². The molecule has 3 unspecified atom stereocenters. The molecule has 0 aromatic rings. The van der Waals surface area contributed by atoms with Gasteiger partial charge in [-0.25, -0.2) is 0 Å². The first kappa shape index (κ1) is 77.7. The minimum atomic E-state index is -4.61. The maximum Gasteiger partial charge on any atom is 0.268 e. The van der Waals surface area contributed by atoms with E-state index in [1.54, 1.807) is 6.08 Å². The van der Waals surface area contributed by atoms with E-state index in [1.165, 1.54) is 289 Å². The predicted octanol–water partition coefficient (Wildman–Crippen LogP) is 21.4. The second kappa shape index (κ2) is 61.3. The minimum Gasteiger partial charge on any atom is -0.756 e. The third-order valence-electron chi connectivity index (χ3n) is 16.1. The van der Waals surface area contributed by atoms with Crippen LogP contribution in [0, 0.1) is 0 Å². The summed E-state index contributed by atoms with van der Waals surface area (Å²) in [5.41, 5.74) is 0. The van der Waals surface area contributed by atoms with Crippen molar-refractivity contribution in [3.05, 3.63) is 36.5 Å². The molecule has 0 saturated carbocycles. The molecule has 1 amide bonds. The summed E-state index contributed by atoms with van der Waals surface area (Å²) in [6.45, 7) is 4.67. The van der Waals surface area contributed by atoms with E-state index >= 15 is 0 Å². The average Bonchev–Trinajstić information content (AvgIpc) is 3.42. The molecule has 8 nitrogen and oxygen atoms in total. The average molecular weight is 1130 g/mol. The molecular formula is C70H137N2O6P. The highest BCUT2D eigenvalue weighted by molar-refractivity contribution is 7.45. The van der Waals surface area contributed by atoms with Crippen LogP contribution < -0.4 is 10.2 Å². The summed E-state index contributed by atoms with van der Waals surface area (Å²) in [6.07, 6.45) is 81.4. The number of quaternary nitrogens is 1. The quantitative estimate of drug-likeness (QED) is 0.0272. The Morgan fingerprint density at radius 3 is 1.03 bits per heavy atom. The van der Waals surface area contributed by atoms with E-state index in [0.717, 1.165) is 44.9 Å². The zero-order valence-electron chi connectivity index (χ0n) is 53.6. The summed E-state index contributed by atoms with van der Waals surface area (Å²) in [6, 6.07) is -0.909. The van der Waals surface area contributed by atoms with Crippen molar-refractivity contribution in [1.82, 2.24) is 5.32 Å². The number of phosphoric ester groups is 1. The first-order valence-electron chi connectivity index (χ1n) is 34.9. The zero-order chi connectivity index (χ0) is 57.7. The maximum absolute atomic E-state index is 13.0. The lowest BCUT2D eigenvalue weighted by Gasteiger charge is -2.29. The Morgan fingerprint density at radius 2 is 0.709 bits per heavy atom. The first-order valence-corrected chi connectivity index (χ1v) is 36.3. The third kappa shape index (κ3) is 64.1. The fourth-order valence-corrected chi connectivity index (χ4v) is 11.4. The Kier molecular flexibility index (Phi) is 60.3. The molecule has 0 spiro atoms. The standard InChI is InChI=1S/C70H137N2O6P/c1-6-8-10-12-14-16-18-20-22-24-26-28-29-30-31-32-33-34-35-36-37-38-39-40-41-42-44-46-48-50-52-54-56-58-60-62-64-70(74)71-68(67-78-79(75,76)77-66-65-72(3,4)5)69(73)63-61-59-57-55-53-51-49-47-45-43-27-25-23-21-19-17-15-13-11-9-7-2/h45,47,53,55,61,63,68-69,73H,6-44,46,48-52,54,56-60,62,64-67H2,1-5H3,(H-,71,74,75,76)/b47-45+,55-53+,63-61+. The molecule has 2 N–H and O–H groups in total. The van der Waals surface area contributed by atoms with Gasteiger partial charge in [0.1, 0.15) is 13.2 Å². The number of aliphatic hydroxyl groups is 1. The zero-order valence-corrected chi connectivity index (χ0v) is 54.5. The van der Waals surface area contributed by atoms with Crippen LogP contribution in [0.25, 0.3) is 0 Å². The van der Waals surface area contributed by atoms with Crippen LogP contribution in [0.15, 0.2) is 36.5 Å². The summed E-state index contributed by atoms with van der Waals surface area (Å²) in [7, 11) is 1.25. The molecule has 0 radical (unpaired) electrons. The number of nitrogens with one attached hydrogen (secondary N) is 1. The van der Waals surface area contributed by atoms with Gasteiger partial charge in [-0.3, -0.25) is 9.36 Å². The number of amides is 1. The van der Waals surface area contributed by atoms with Crippen molar-refractivity contribution in [2.75, 3.05) is 40.9 Å². The number of aliphatic hydroxyl groups excluding tert-OH is 1. The largest absolute Gasteiger partial charge is 0.756 e. The molecule has 79 heavy (non-hydrogen) atoms. The summed E-state index contributed by atoms with van der Waals surface area (Å²) in [5, 5.41) is 13.9. The number of hydrogen-bond donors (Lipinski definition) is 2. The van der Waals surface area contributed by atoms with Gasteiger partial charge in [-0.05, 0) is 44.9 Å². The third-order valence-corrected chi connectivity index (χ3v) is 17.0. The molecule has 0 heterocycles. The van der Waals surface area contributed by atoms with Crippen molar-refractivity contribution < 1.29 is 32.9 Å². The predicted molar refractivity (Wildman–Crippen MR) is 344 cm³/mol. The van der Waals surface area contributed by atoms with Crippen LogP contribution in [-0.2, 0) is 18.4 Å². The number of carbonyl (C=O) groups is 1. The molecule has 3 atom stereocenters. The number of unbranched alkanes of at least 4 members (excludes halogenated alkanes) is 48. The van der Waals surface area contributed by atoms with Gasteiger partial charge in [0.15, 0.2) is 0 Å². The van der Waals surface area contributed by atoms with E-state index in [1.807, 2.05) is 27.2 Å². The Hall–Kier alpha value is -1.28. The molecule has 0 aliphatic heterocycles. The lowest BCUT2D eigenvalue weighted by molar-refractivity contribution is -0.870. The van der Waals surface area contributed by atoms with Crippen molar-refractivity contribution in [2.24, 2.45) is 0 Å². The molecule has 0 aliphatic carbocycles. The van der Waals surface area contributed by atoms with Crippen LogP contribution in [-0.4, -0.2) is 68.5 Å². The topological polar surface area (TPSA) is 108 Å².